The number of hydrogen-bond acceptors (Lipinski definition) is 0. The molecule has 1 rings (SSSR count). The predicted octanol–water partition coefficient (Wildman–Crippen LogP) is 3.66. The van der Waals surface area contributed by atoms with E-state index in [1.54, 1.807) is 0 Å². The number of aryl methyl sites for hydroxylation is 1. The van der Waals surface area contributed by atoms with Crippen molar-refractivity contribution in [2.24, 2.45) is 5.92 Å². The maximum Gasteiger partial charge on any atom is -0.0398 e. The fourth-order valence-electron chi connectivity index (χ4n) is 0.534. The Bertz CT molecular complexity index is 160. The van der Waals surface area contributed by atoms with E-state index < -0.39 is 0 Å². The van der Waals surface area contributed by atoms with E-state index in [1.807, 2.05) is 18.2 Å². The fourth-order valence-corrected chi connectivity index (χ4v) is 0.534. The highest BCUT2D eigenvalue weighted by Crippen LogP contribution is 1.92. The normalized spacial score (nSPS) is 8.82. The Morgan fingerprint density at radius 2 is 1.27 bits per heavy atom. The Balaban J connectivity index is 0.000000218. The predicted molar refractivity (Wildman–Crippen MR) is 51.7 cm³/mol. The standard InChI is InChI=1S/C7H8.C4H10/c1-7-5-3-2-4-6-7;1-4(2)3/h2-6H,1H3;4H,1-3H3. The second-order valence-corrected chi connectivity index (χ2v) is 3.39. The summed E-state index contributed by atoms with van der Waals surface area (Å²) >= 11 is 0. The van der Waals surface area contributed by atoms with Crippen LogP contribution in [-0.4, -0.2) is 0 Å². The molecule has 0 aliphatic heterocycles. The van der Waals surface area contributed by atoms with Gasteiger partial charge in [-0.1, -0.05) is 56.7 Å². The molecular weight excluding hydrogens is 132 g/mol. The third-order valence-corrected chi connectivity index (χ3v) is 0.940. The highest BCUT2D eigenvalue weighted by atomic mass is 13.8. The van der Waals surface area contributed by atoms with Gasteiger partial charge in [-0.2, -0.15) is 0 Å². The van der Waals surface area contributed by atoms with Crippen molar-refractivity contribution in [2.75, 3.05) is 0 Å². The second kappa shape index (κ2) is 5.96. The van der Waals surface area contributed by atoms with Crippen LogP contribution >= 0.6 is 0 Å². The Morgan fingerprint density at radius 1 is 0.909 bits per heavy atom. The van der Waals surface area contributed by atoms with Crippen LogP contribution in [0.4, 0.5) is 0 Å². The van der Waals surface area contributed by atoms with Gasteiger partial charge >= 0.3 is 0 Å². The molecular formula is C11H18. The molecule has 0 aromatic heterocycles. The van der Waals surface area contributed by atoms with Gasteiger partial charge in [0.15, 0.2) is 0 Å². The van der Waals surface area contributed by atoms with Crippen molar-refractivity contribution in [3.8, 4) is 0 Å². The summed E-state index contributed by atoms with van der Waals surface area (Å²) in [4.78, 5) is 0. The van der Waals surface area contributed by atoms with Crippen LogP contribution in [-0.2, 0) is 0 Å². The van der Waals surface area contributed by atoms with Crippen LogP contribution in [0.1, 0.15) is 26.3 Å². The first-order valence-electron chi connectivity index (χ1n) is 4.14. The van der Waals surface area contributed by atoms with Crippen molar-refractivity contribution in [3.05, 3.63) is 35.9 Å². The zero-order valence-corrected chi connectivity index (χ0v) is 7.96. The van der Waals surface area contributed by atoms with Crippen LogP contribution in [0.5, 0.6) is 0 Å². The topological polar surface area (TPSA) is 0 Å². The van der Waals surface area contributed by atoms with E-state index in [0.717, 1.165) is 5.92 Å². The Morgan fingerprint density at radius 3 is 1.45 bits per heavy atom. The van der Waals surface area contributed by atoms with Gasteiger partial charge in [-0.25, -0.2) is 0 Å². The van der Waals surface area contributed by atoms with Gasteiger partial charge in [0.1, 0.15) is 0 Å². The molecule has 0 bridgehead atoms. The summed E-state index contributed by atoms with van der Waals surface area (Å²) in [5, 5.41) is 0. The average molecular weight is 150 g/mol. The van der Waals surface area contributed by atoms with Gasteiger partial charge in [0.2, 0.25) is 0 Å². The van der Waals surface area contributed by atoms with Gasteiger partial charge < -0.3 is 0 Å². The Kier molecular flexibility index (Phi) is 5.54. The molecule has 0 heteroatoms. The minimum atomic E-state index is 0.833. The maximum atomic E-state index is 2.17. The second-order valence-electron chi connectivity index (χ2n) is 3.39. The summed E-state index contributed by atoms with van der Waals surface area (Å²) in [5.74, 6) is 0.833. The maximum absolute atomic E-state index is 2.17. The molecule has 1 aromatic rings. The number of rotatable bonds is 0. The number of benzene rings is 1. The zero-order valence-electron chi connectivity index (χ0n) is 7.96. The molecule has 1 aromatic carbocycles. The van der Waals surface area contributed by atoms with Crippen molar-refractivity contribution in [1.29, 1.82) is 0 Å². The molecule has 62 valence electrons. The molecule has 0 atom stereocenters. The minimum absolute atomic E-state index is 0.833. The first-order valence-corrected chi connectivity index (χ1v) is 4.14. The fraction of sp³-hybridized carbons (Fsp3) is 0.455. The quantitative estimate of drug-likeness (QED) is 0.529. The first kappa shape index (κ1) is 10.2. The van der Waals surface area contributed by atoms with Crippen molar-refractivity contribution >= 4 is 0 Å². The van der Waals surface area contributed by atoms with E-state index >= 15 is 0 Å². The lowest BCUT2D eigenvalue weighted by molar-refractivity contribution is 0.737. The van der Waals surface area contributed by atoms with Crippen LogP contribution in [0.3, 0.4) is 0 Å². The molecule has 0 nitrogen and oxygen atoms in total. The summed E-state index contributed by atoms with van der Waals surface area (Å²) in [6.07, 6.45) is 0. The van der Waals surface area contributed by atoms with Gasteiger partial charge in [-0.3, -0.25) is 0 Å². The summed E-state index contributed by atoms with van der Waals surface area (Å²) < 4.78 is 0. The van der Waals surface area contributed by atoms with Gasteiger partial charge in [0.25, 0.3) is 0 Å². The summed E-state index contributed by atoms with van der Waals surface area (Å²) in [6, 6.07) is 10.3. The molecule has 0 saturated carbocycles. The van der Waals surface area contributed by atoms with Crippen molar-refractivity contribution in [1.82, 2.24) is 0 Å². The molecule has 0 spiro atoms. The largest absolute Gasteiger partial charge is 0.0630 e. The molecule has 0 saturated heterocycles. The van der Waals surface area contributed by atoms with Gasteiger partial charge in [-0.05, 0) is 12.8 Å². The van der Waals surface area contributed by atoms with E-state index in [2.05, 4.69) is 39.8 Å². The van der Waals surface area contributed by atoms with Crippen LogP contribution < -0.4 is 0 Å². The molecule has 0 radical (unpaired) electrons. The summed E-state index contributed by atoms with van der Waals surface area (Å²) in [7, 11) is 0. The number of hydrogen-bond donors (Lipinski definition) is 0. The highest BCUT2D eigenvalue weighted by Gasteiger charge is 1.72. The third kappa shape index (κ3) is 9.22. The average Bonchev–Trinajstić information content (AvgIpc) is 1.87. The van der Waals surface area contributed by atoms with Gasteiger partial charge in [0.05, 0.1) is 0 Å². The minimum Gasteiger partial charge on any atom is -0.0630 e. The van der Waals surface area contributed by atoms with E-state index in [9.17, 15) is 0 Å². The van der Waals surface area contributed by atoms with E-state index in [-0.39, 0.29) is 0 Å². The van der Waals surface area contributed by atoms with Crippen molar-refractivity contribution in [2.45, 2.75) is 27.7 Å². The lowest BCUT2D eigenvalue weighted by atomic mass is 10.2. The van der Waals surface area contributed by atoms with Crippen molar-refractivity contribution < 1.29 is 0 Å². The van der Waals surface area contributed by atoms with Crippen LogP contribution in [0, 0.1) is 12.8 Å². The Labute approximate surface area is 70.3 Å². The zero-order chi connectivity index (χ0) is 8.69. The van der Waals surface area contributed by atoms with Crippen LogP contribution in [0.15, 0.2) is 30.3 Å². The lowest BCUT2D eigenvalue weighted by Crippen LogP contribution is -1.66. The molecule has 0 N–H and O–H groups in total. The monoisotopic (exact) mass is 150 g/mol. The SMILES string of the molecule is CC(C)C.Cc1ccccc1. The van der Waals surface area contributed by atoms with Gasteiger partial charge in [-0.15, -0.1) is 0 Å². The molecule has 0 aliphatic carbocycles. The summed E-state index contributed by atoms with van der Waals surface area (Å²) in [5.41, 5.74) is 1.32. The highest BCUT2D eigenvalue weighted by molar-refractivity contribution is 5.11. The molecule has 0 amide bonds. The van der Waals surface area contributed by atoms with Crippen LogP contribution in [0.2, 0.25) is 0 Å². The molecule has 0 aliphatic rings. The van der Waals surface area contributed by atoms with E-state index in [0.29, 0.717) is 0 Å². The first-order chi connectivity index (χ1) is 5.13. The lowest BCUT2D eigenvalue weighted by Gasteiger charge is -1.82. The van der Waals surface area contributed by atoms with E-state index in [4.69, 9.17) is 0 Å². The smallest absolute Gasteiger partial charge is 0.0398 e. The summed E-state index contributed by atoms with van der Waals surface area (Å²) in [6.45, 7) is 8.58. The molecule has 0 unspecified atom stereocenters. The van der Waals surface area contributed by atoms with Gasteiger partial charge in [0, 0.05) is 0 Å². The van der Waals surface area contributed by atoms with Crippen molar-refractivity contribution in [3.63, 3.8) is 0 Å². The molecule has 0 heterocycles. The van der Waals surface area contributed by atoms with E-state index in [1.165, 1.54) is 5.56 Å². The third-order valence-electron chi connectivity index (χ3n) is 0.940. The molecule has 11 heavy (non-hydrogen) atoms. The molecule has 0 fully saturated rings. The Hall–Kier alpha value is -0.780. The van der Waals surface area contributed by atoms with Crippen LogP contribution in [0.25, 0.3) is 0 Å².